The Morgan fingerprint density at radius 3 is 0.755 bits per heavy atom. The molecule has 0 heterocycles. The molecule has 0 aromatic heterocycles. The number of Topliss-reactive ketones (excluding diaryl/α,β-unsaturated/α-hetero) is 1. The number of carboxylic acid groups (broad SMARTS) is 1. The van der Waals surface area contributed by atoms with E-state index in [1.165, 1.54) is 193 Å². The zero-order valence-electron chi connectivity index (χ0n) is 34.4. The van der Waals surface area contributed by atoms with E-state index in [1.54, 1.807) is 0 Å². The first-order valence-electron chi connectivity index (χ1n) is 22.7. The number of carbonyl (C=O) groups excluding carboxylic acids is 1. The molecule has 3 nitrogen and oxygen atoms in total. The standard InChI is InChI=1S/C46H90O3/c1-6-11-13-15-17-19-21-23-25-27-29-31-33-35-37-39-41-45(8-3,43(47)46(9-4,10-5)44(48)49)42-40-38-36-34-32-30-28-26-24-22-20-18-16-14-12-7-2/h6-42H2,1-5H3,(H,48,49). The Kier molecular flexibility index (Phi) is 33.6. The SMILES string of the molecule is CCCCCCCCCCCCCCCCCCC(CC)(CCCCCCCCCCCCCCCCCC)C(=O)C(CC)(CC)C(=O)O. The van der Waals surface area contributed by atoms with Crippen molar-refractivity contribution < 1.29 is 14.7 Å². The molecule has 0 radical (unpaired) electrons. The molecule has 0 spiro atoms. The van der Waals surface area contributed by atoms with Gasteiger partial charge in [-0.15, -0.1) is 0 Å². The van der Waals surface area contributed by atoms with Crippen molar-refractivity contribution in [1.29, 1.82) is 0 Å². The average Bonchev–Trinajstić information content (AvgIpc) is 3.11. The molecule has 0 amide bonds. The first-order chi connectivity index (χ1) is 23.9. The maximum absolute atomic E-state index is 14.2. The number of hydrogen-bond donors (Lipinski definition) is 1. The summed E-state index contributed by atoms with van der Waals surface area (Å²) in [5.41, 5.74) is -1.70. The predicted octanol–water partition coefficient (Wildman–Crippen LogP) is 16.1. The molecule has 0 rings (SSSR count). The summed E-state index contributed by atoms with van der Waals surface area (Å²) < 4.78 is 0. The molecule has 0 atom stereocenters. The molecular weight excluding hydrogens is 601 g/mol. The third-order valence-electron chi connectivity index (χ3n) is 12.2. The average molecular weight is 691 g/mol. The molecule has 49 heavy (non-hydrogen) atoms. The lowest BCUT2D eigenvalue weighted by molar-refractivity contribution is -0.161. The van der Waals surface area contributed by atoms with Crippen molar-refractivity contribution in [3.05, 3.63) is 0 Å². The molecule has 0 saturated carbocycles. The predicted molar refractivity (Wildman–Crippen MR) is 217 cm³/mol. The lowest BCUT2D eigenvalue weighted by Gasteiger charge is -2.39. The van der Waals surface area contributed by atoms with Crippen LogP contribution in [0, 0.1) is 10.8 Å². The van der Waals surface area contributed by atoms with Crippen LogP contribution in [-0.2, 0) is 9.59 Å². The molecular formula is C46H90O3. The number of carboxylic acids is 1. The van der Waals surface area contributed by atoms with E-state index >= 15 is 0 Å². The van der Waals surface area contributed by atoms with Gasteiger partial charge in [0, 0.05) is 5.41 Å². The van der Waals surface area contributed by atoms with Gasteiger partial charge in [0.2, 0.25) is 0 Å². The minimum Gasteiger partial charge on any atom is -0.480 e. The minimum absolute atomic E-state index is 0.0434. The number of rotatable bonds is 40. The fourth-order valence-electron chi connectivity index (χ4n) is 8.37. The molecule has 1 N–H and O–H groups in total. The van der Waals surface area contributed by atoms with Crippen LogP contribution >= 0.6 is 0 Å². The van der Waals surface area contributed by atoms with Crippen molar-refractivity contribution in [2.45, 2.75) is 272 Å². The third kappa shape index (κ3) is 23.3. The molecule has 0 aromatic carbocycles. The second-order valence-corrected chi connectivity index (χ2v) is 16.2. The maximum atomic E-state index is 14.2. The van der Waals surface area contributed by atoms with Crippen molar-refractivity contribution in [1.82, 2.24) is 0 Å². The van der Waals surface area contributed by atoms with Crippen LogP contribution in [-0.4, -0.2) is 16.9 Å². The highest BCUT2D eigenvalue weighted by molar-refractivity contribution is 6.05. The quantitative estimate of drug-likeness (QED) is 0.0514. The van der Waals surface area contributed by atoms with E-state index in [0.29, 0.717) is 12.8 Å². The number of unbranched alkanes of at least 4 members (excludes halogenated alkanes) is 30. The Balaban J connectivity index is 4.42. The van der Waals surface area contributed by atoms with Crippen molar-refractivity contribution in [2.24, 2.45) is 10.8 Å². The summed E-state index contributed by atoms with van der Waals surface area (Å²) in [7, 11) is 0. The van der Waals surface area contributed by atoms with E-state index in [2.05, 4.69) is 20.8 Å². The fourth-order valence-corrected chi connectivity index (χ4v) is 8.37. The minimum atomic E-state index is -1.22. The van der Waals surface area contributed by atoms with Crippen LogP contribution in [0.2, 0.25) is 0 Å². The first kappa shape index (κ1) is 48.1. The number of ketones is 1. The molecule has 0 aliphatic rings. The van der Waals surface area contributed by atoms with Gasteiger partial charge in [-0.3, -0.25) is 9.59 Å². The highest BCUT2D eigenvalue weighted by atomic mass is 16.4. The lowest BCUT2D eigenvalue weighted by atomic mass is 9.62. The van der Waals surface area contributed by atoms with Crippen LogP contribution in [0.4, 0.5) is 0 Å². The van der Waals surface area contributed by atoms with Crippen molar-refractivity contribution in [3.63, 3.8) is 0 Å². The molecule has 292 valence electrons. The largest absolute Gasteiger partial charge is 0.480 e. The first-order valence-corrected chi connectivity index (χ1v) is 22.7. The van der Waals surface area contributed by atoms with Gasteiger partial charge >= 0.3 is 5.97 Å². The molecule has 0 unspecified atom stereocenters. The van der Waals surface area contributed by atoms with Gasteiger partial charge in [0.25, 0.3) is 0 Å². The van der Waals surface area contributed by atoms with Gasteiger partial charge in [-0.25, -0.2) is 0 Å². The van der Waals surface area contributed by atoms with Crippen LogP contribution in [0.15, 0.2) is 0 Å². The van der Waals surface area contributed by atoms with Crippen molar-refractivity contribution >= 4 is 11.8 Å². The smallest absolute Gasteiger partial charge is 0.317 e. The Labute approximate surface area is 308 Å². The van der Waals surface area contributed by atoms with Gasteiger partial charge < -0.3 is 5.11 Å². The molecule has 0 saturated heterocycles. The van der Waals surface area contributed by atoms with Crippen LogP contribution < -0.4 is 0 Å². The van der Waals surface area contributed by atoms with E-state index in [-0.39, 0.29) is 5.78 Å². The molecule has 0 aromatic rings. The second kappa shape index (κ2) is 34.2. The third-order valence-corrected chi connectivity index (χ3v) is 12.2. The lowest BCUT2D eigenvalue weighted by Crippen LogP contribution is -2.48. The van der Waals surface area contributed by atoms with Gasteiger partial charge in [0.1, 0.15) is 5.41 Å². The summed E-state index contributed by atoms with van der Waals surface area (Å²) >= 11 is 0. The van der Waals surface area contributed by atoms with E-state index in [4.69, 9.17) is 0 Å². The van der Waals surface area contributed by atoms with Gasteiger partial charge in [0.15, 0.2) is 5.78 Å². The van der Waals surface area contributed by atoms with E-state index in [0.717, 1.165) is 32.1 Å². The van der Waals surface area contributed by atoms with Crippen LogP contribution in [0.25, 0.3) is 0 Å². The summed E-state index contributed by atoms with van der Waals surface area (Å²) in [5.74, 6) is -0.860. The summed E-state index contributed by atoms with van der Waals surface area (Å²) in [6.07, 6.45) is 46.4. The topological polar surface area (TPSA) is 54.4 Å². The molecule has 0 fully saturated rings. The zero-order valence-corrected chi connectivity index (χ0v) is 34.4. The molecule has 0 aliphatic carbocycles. The molecule has 0 aliphatic heterocycles. The van der Waals surface area contributed by atoms with E-state index in [1.807, 2.05) is 13.8 Å². The van der Waals surface area contributed by atoms with Gasteiger partial charge in [0.05, 0.1) is 0 Å². The van der Waals surface area contributed by atoms with Gasteiger partial charge in [-0.05, 0) is 32.1 Å². The summed E-state index contributed by atoms with van der Waals surface area (Å²) in [5, 5.41) is 10.3. The van der Waals surface area contributed by atoms with E-state index in [9.17, 15) is 14.7 Å². The number of aliphatic carboxylic acids is 1. The Hall–Kier alpha value is -0.860. The number of hydrogen-bond acceptors (Lipinski definition) is 2. The summed E-state index contributed by atoms with van der Waals surface area (Å²) in [6, 6.07) is 0. The monoisotopic (exact) mass is 691 g/mol. The second-order valence-electron chi connectivity index (χ2n) is 16.2. The summed E-state index contributed by atoms with van der Waals surface area (Å²) in [4.78, 5) is 26.7. The van der Waals surface area contributed by atoms with Crippen LogP contribution in [0.3, 0.4) is 0 Å². The fraction of sp³-hybridized carbons (Fsp3) is 0.957. The van der Waals surface area contributed by atoms with Crippen molar-refractivity contribution in [2.75, 3.05) is 0 Å². The highest BCUT2D eigenvalue weighted by Gasteiger charge is 2.51. The Morgan fingerprint density at radius 2 is 0.571 bits per heavy atom. The number of carbonyl (C=O) groups is 2. The molecule has 0 bridgehead atoms. The van der Waals surface area contributed by atoms with Gasteiger partial charge in [-0.1, -0.05) is 240 Å². The Bertz CT molecular complexity index is 688. The zero-order chi connectivity index (χ0) is 36.3. The van der Waals surface area contributed by atoms with Crippen LogP contribution in [0.1, 0.15) is 272 Å². The van der Waals surface area contributed by atoms with Crippen molar-refractivity contribution in [3.8, 4) is 0 Å². The highest BCUT2D eigenvalue weighted by Crippen LogP contribution is 2.45. The normalized spacial score (nSPS) is 12.2. The van der Waals surface area contributed by atoms with Gasteiger partial charge in [-0.2, -0.15) is 0 Å². The maximum Gasteiger partial charge on any atom is 0.317 e. The van der Waals surface area contributed by atoms with Crippen LogP contribution in [0.5, 0.6) is 0 Å². The summed E-state index contributed by atoms with van der Waals surface area (Å²) in [6.45, 7) is 10.5. The molecule has 3 heteroatoms. The van der Waals surface area contributed by atoms with E-state index < -0.39 is 16.8 Å². The Morgan fingerprint density at radius 1 is 0.347 bits per heavy atom.